The van der Waals surface area contributed by atoms with E-state index in [1.54, 1.807) is 0 Å². The Morgan fingerprint density at radius 3 is 2.83 bits per heavy atom. The minimum Gasteiger partial charge on any atom is -0.481 e. The molecule has 0 unspecified atom stereocenters. The molecule has 66 valence electrons. The van der Waals surface area contributed by atoms with E-state index in [-0.39, 0.29) is 5.82 Å². The predicted octanol–water partition coefficient (Wildman–Crippen LogP) is 1.38. The van der Waals surface area contributed by atoms with Crippen molar-refractivity contribution in [1.82, 2.24) is 4.98 Å². The van der Waals surface area contributed by atoms with Crippen LogP contribution in [0, 0.1) is 5.82 Å². The van der Waals surface area contributed by atoms with E-state index in [1.807, 2.05) is 0 Å². The molecule has 12 heavy (non-hydrogen) atoms. The van der Waals surface area contributed by atoms with Gasteiger partial charge in [-0.2, -0.15) is 0 Å². The van der Waals surface area contributed by atoms with Gasteiger partial charge in [-0.15, -0.1) is 0 Å². The highest BCUT2D eigenvalue weighted by Crippen LogP contribution is 2.15. The summed E-state index contributed by atoms with van der Waals surface area (Å²) in [7, 11) is 3.02. The topological polar surface area (TPSA) is 31.4 Å². The number of nitrogens with zero attached hydrogens (tertiary/aromatic N) is 1. The largest absolute Gasteiger partial charge is 0.481 e. The second kappa shape index (κ2) is 4.01. The van der Waals surface area contributed by atoms with Crippen molar-refractivity contribution in [2.24, 2.45) is 0 Å². The smallest absolute Gasteiger partial charge is 0.218 e. The number of halogens is 1. The van der Waals surface area contributed by atoms with Crippen molar-refractivity contribution in [2.75, 3.05) is 14.2 Å². The summed E-state index contributed by atoms with van der Waals surface area (Å²) >= 11 is 0. The molecule has 0 fully saturated rings. The van der Waals surface area contributed by atoms with Gasteiger partial charge in [0.15, 0.2) is 0 Å². The van der Waals surface area contributed by atoms with Crippen LogP contribution in [0.25, 0.3) is 0 Å². The van der Waals surface area contributed by atoms with Crippen molar-refractivity contribution in [3.63, 3.8) is 0 Å². The van der Waals surface area contributed by atoms with E-state index in [9.17, 15) is 4.39 Å². The van der Waals surface area contributed by atoms with Gasteiger partial charge in [0.1, 0.15) is 5.82 Å². The van der Waals surface area contributed by atoms with E-state index in [2.05, 4.69) is 4.98 Å². The number of hydrogen-bond acceptors (Lipinski definition) is 3. The number of rotatable bonds is 3. The zero-order valence-electron chi connectivity index (χ0n) is 7.00. The zero-order valence-corrected chi connectivity index (χ0v) is 7.00. The molecule has 1 heterocycles. The van der Waals surface area contributed by atoms with Gasteiger partial charge >= 0.3 is 0 Å². The monoisotopic (exact) mass is 171 g/mol. The van der Waals surface area contributed by atoms with E-state index in [4.69, 9.17) is 9.47 Å². The summed E-state index contributed by atoms with van der Waals surface area (Å²) in [6.45, 7) is 0.300. The lowest BCUT2D eigenvalue weighted by Gasteiger charge is -2.05. The molecule has 1 rings (SSSR count). The van der Waals surface area contributed by atoms with Gasteiger partial charge < -0.3 is 9.47 Å². The van der Waals surface area contributed by atoms with Crippen molar-refractivity contribution in [2.45, 2.75) is 6.61 Å². The van der Waals surface area contributed by atoms with Gasteiger partial charge in [0.25, 0.3) is 0 Å². The van der Waals surface area contributed by atoms with Gasteiger partial charge in [-0.3, -0.25) is 0 Å². The summed E-state index contributed by atoms with van der Waals surface area (Å²) in [4.78, 5) is 3.74. The first-order chi connectivity index (χ1) is 5.77. The lowest BCUT2D eigenvalue weighted by Crippen LogP contribution is -1.97. The third kappa shape index (κ3) is 1.92. The number of methoxy groups -OCH3 is 2. The molecule has 0 spiro atoms. The summed E-state index contributed by atoms with van der Waals surface area (Å²) in [5, 5.41) is 0. The molecule has 1 aromatic heterocycles. The average Bonchev–Trinajstić information content (AvgIpc) is 2.05. The fraction of sp³-hybridized carbons (Fsp3) is 0.375. The molecule has 0 N–H and O–H groups in total. The highest BCUT2D eigenvalue weighted by molar-refractivity contribution is 5.25. The maximum atomic E-state index is 12.6. The molecule has 3 nitrogen and oxygen atoms in total. The molecule has 0 saturated carbocycles. The predicted molar refractivity (Wildman–Crippen MR) is 41.5 cm³/mol. The Morgan fingerprint density at radius 1 is 1.50 bits per heavy atom. The molecule has 1 aromatic rings. The van der Waals surface area contributed by atoms with Crippen LogP contribution in [-0.2, 0) is 11.3 Å². The molecule has 0 radical (unpaired) electrons. The van der Waals surface area contributed by atoms with Crippen molar-refractivity contribution in [1.29, 1.82) is 0 Å². The van der Waals surface area contributed by atoms with E-state index < -0.39 is 0 Å². The van der Waals surface area contributed by atoms with E-state index in [1.165, 1.54) is 20.3 Å². The molecule has 0 saturated heterocycles. The Balaban J connectivity index is 2.95. The SMILES string of the molecule is COCc1cc(F)cnc1OC. The van der Waals surface area contributed by atoms with E-state index in [0.717, 1.165) is 6.20 Å². The van der Waals surface area contributed by atoms with Gasteiger partial charge in [-0.1, -0.05) is 0 Å². The zero-order chi connectivity index (χ0) is 8.97. The Morgan fingerprint density at radius 2 is 2.25 bits per heavy atom. The molecule has 0 bridgehead atoms. The van der Waals surface area contributed by atoms with Crippen molar-refractivity contribution >= 4 is 0 Å². The third-order valence-electron chi connectivity index (χ3n) is 1.39. The maximum absolute atomic E-state index is 12.6. The normalized spacial score (nSPS) is 9.92. The van der Waals surface area contributed by atoms with Crippen LogP contribution in [0.1, 0.15) is 5.56 Å². The average molecular weight is 171 g/mol. The van der Waals surface area contributed by atoms with Crippen LogP contribution >= 0.6 is 0 Å². The van der Waals surface area contributed by atoms with E-state index >= 15 is 0 Å². The first-order valence-corrected chi connectivity index (χ1v) is 3.45. The first-order valence-electron chi connectivity index (χ1n) is 3.45. The summed E-state index contributed by atoms with van der Waals surface area (Å²) in [5.74, 6) is 0.0149. The summed E-state index contributed by atoms with van der Waals surface area (Å²) in [6.07, 6.45) is 1.11. The van der Waals surface area contributed by atoms with Gasteiger partial charge in [-0.25, -0.2) is 9.37 Å². The molecule has 0 aromatic carbocycles. The molecule has 0 aliphatic rings. The van der Waals surface area contributed by atoms with E-state index in [0.29, 0.717) is 18.1 Å². The lowest BCUT2D eigenvalue weighted by atomic mass is 10.3. The molecule has 0 aliphatic carbocycles. The molecule has 4 heteroatoms. The standard InChI is InChI=1S/C8H10FNO2/c1-11-5-6-3-7(9)4-10-8(6)12-2/h3-4H,5H2,1-2H3. The summed E-state index contributed by atoms with van der Waals surface area (Å²) < 4.78 is 22.4. The fourth-order valence-corrected chi connectivity index (χ4v) is 0.911. The van der Waals surface area contributed by atoms with Crippen molar-refractivity contribution in [3.8, 4) is 5.88 Å². The summed E-state index contributed by atoms with van der Waals surface area (Å²) in [5.41, 5.74) is 0.611. The maximum Gasteiger partial charge on any atom is 0.218 e. The highest BCUT2D eigenvalue weighted by Gasteiger charge is 2.04. The molecule has 0 aliphatic heterocycles. The van der Waals surface area contributed by atoms with Gasteiger partial charge in [0, 0.05) is 12.7 Å². The number of aromatic nitrogens is 1. The minimum absolute atomic E-state index is 0.300. The molecular weight excluding hydrogens is 161 g/mol. The Hall–Kier alpha value is -1.16. The van der Waals surface area contributed by atoms with Crippen LogP contribution < -0.4 is 4.74 Å². The third-order valence-corrected chi connectivity index (χ3v) is 1.39. The van der Waals surface area contributed by atoms with Crippen LogP contribution in [0.2, 0.25) is 0 Å². The van der Waals surface area contributed by atoms with Crippen molar-refractivity contribution in [3.05, 3.63) is 23.6 Å². The second-order valence-corrected chi connectivity index (χ2v) is 2.25. The number of hydrogen-bond donors (Lipinski definition) is 0. The van der Waals surface area contributed by atoms with Gasteiger partial charge in [0.05, 0.1) is 19.9 Å². The van der Waals surface area contributed by atoms with Crippen molar-refractivity contribution < 1.29 is 13.9 Å². The minimum atomic E-state index is -0.386. The van der Waals surface area contributed by atoms with Crippen LogP contribution in [0.5, 0.6) is 5.88 Å². The number of pyridine rings is 1. The van der Waals surface area contributed by atoms with Crippen LogP contribution in [-0.4, -0.2) is 19.2 Å². The fourth-order valence-electron chi connectivity index (χ4n) is 0.911. The van der Waals surface area contributed by atoms with Crippen LogP contribution in [0.3, 0.4) is 0 Å². The quantitative estimate of drug-likeness (QED) is 0.688. The van der Waals surface area contributed by atoms with Gasteiger partial charge in [0.2, 0.25) is 5.88 Å². The molecule has 0 amide bonds. The highest BCUT2D eigenvalue weighted by atomic mass is 19.1. The Bertz CT molecular complexity index is 265. The number of ether oxygens (including phenoxy) is 2. The summed E-state index contributed by atoms with van der Waals surface area (Å²) in [6, 6.07) is 1.34. The second-order valence-electron chi connectivity index (χ2n) is 2.25. The Kier molecular flexibility index (Phi) is 2.99. The lowest BCUT2D eigenvalue weighted by molar-refractivity contribution is 0.180. The van der Waals surface area contributed by atoms with Gasteiger partial charge in [-0.05, 0) is 6.07 Å². The molecular formula is C8H10FNO2. The molecule has 0 atom stereocenters. The van der Waals surface area contributed by atoms with Crippen LogP contribution in [0.15, 0.2) is 12.3 Å². The first kappa shape index (κ1) is 8.93. The Labute approximate surface area is 70.1 Å². The van der Waals surface area contributed by atoms with Crippen LogP contribution in [0.4, 0.5) is 4.39 Å².